The summed E-state index contributed by atoms with van der Waals surface area (Å²) in [5.74, 6) is 1.03. The minimum atomic E-state index is -0.203. The van der Waals surface area contributed by atoms with Gasteiger partial charge in [0.15, 0.2) is 0 Å². The van der Waals surface area contributed by atoms with Crippen molar-refractivity contribution < 1.29 is 5.11 Å². The molecule has 1 aromatic heterocycles. The molecule has 0 spiro atoms. The maximum Gasteiger partial charge on any atom is 0.123 e. The molecule has 14 heavy (non-hydrogen) atoms. The van der Waals surface area contributed by atoms with Crippen LogP contribution < -0.4 is 5.73 Å². The third-order valence-corrected chi connectivity index (χ3v) is 2.98. The molecule has 0 saturated heterocycles. The fourth-order valence-electron chi connectivity index (χ4n) is 1.85. The van der Waals surface area contributed by atoms with Crippen LogP contribution in [0.15, 0.2) is 18.3 Å². The summed E-state index contributed by atoms with van der Waals surface area (Å²) in [5, 5.41) is 9.85. The number of pyridine rings is 1. The molecule has 0 aliphatic heterocycles. The molecule has 0 radical (unpaired) electrons. The zero-order chi connectivity index (χ0) is 9.97. The summed E-state index contributed by atoms with van der Waals surface area (Å²) in [6, 6.07) is 3.75. The van der Waals surface area contributed by atoms with Gasteiger partial charge in [0.2, 0.25) is 0 Å². The molecule has 1 unspecified atom stereocenters. The lowest BCUT2D eigenvalue weighted by Crippen LogP contribution is -2.28. The Morgan fingerprint density at radius 2 is 2.36 bits per heavy atom. The van der Waals surface area contributed by atoms with Crippen molar-refractivity contribution in [1.29, 1.82) is 0 Å². The third kappa shape index (κ3) is 2.04. The molecule has 0 aromatic carbocycles. The van der Waals surface area contributed by atoms with Crippen molar-refractivity contribution in [1.82, 2.24) is 4.98 Å². The number of aromatic nitrogens is 1. The molecule has 3 N–H and O–H groups in total. The molecule has 3 heteroatoms. The maximum atomic E-state index is 9.85. The van der Waals surface area contributed by atoms with Crippen molar-refractivity contribution in [3.05, 3.63) is 23.9 Å². The Hall–Kier alpha value is -1.09. The first-order chi connectivity index (χ1) is 6.75. The largest absolute Gasteiger partial charge is 0.392 e. The number of nitrogen functional groups attached to an aromatic ring is 1. The summed E-state index contributed by atoms with van der Waals surface area (Å²) in [6.45, 7) is 0. The van der Waals surface area contributed by atoms with Gasteiger partial charge in [0.25, 0.3) is 0 Å². The lowest BCUT2D eigenvalue weighted by Gasteiger charge is -2.30. The summed E-state index contributed by atoms with van der Waals surface area (Å²) in [6.07, 6.45) is 5.80. The summed E-state index contributed by atoms with van der Waals surface area (Å²) >= 11 is 0. The number of anilines is 1. The molecular weight excluding hydrogens is 176 g/mol. The van der Waals surface area contributed by atoms with E-state index in [0.29, 0.717) is 18.2 Å². The van der Waals surface area contributed by atoms with E-state index in [1.165, 1.54) is 19.3 Å². The normalized spacial score (nSPS) is 18.9. The van der Waals surface area contributed by atoms with Crippen molar-refractivity contribution in [2.75, 3.05) is 5.73 Å². The predicted octanol–water partition coefficient (Wildman–Crippen LogP) is 1.37. The Morgan fingerprint density at radius 1 is 1.57 bits per heavy atom. The van der Waals surface area contributed by atoms with Crippen LogP contribution in [0.4, 0.5) is 5.82 Å². The van der Waals surface area contributed by atoms with Crippen LogP contribution in [0.2, 0.25) is 0 Å². The van der Waals surface area contributed by atoms with Gasteiger partial charge in [0, 0.05) is 6.20 Å². The highest BCUT2D eigenvalue weighted by atomic mass is 16.3. The molecule has 3 nitrogen and oxygen atoms in total. The summed E-state index contributed by atoms with van der Waals surface area (Å²) in [4.78, 5) is 3.92. The second kappa shape index (κ2) is 3.96. The van der Waals surface area contributed by atoms with E-state index in [9.17, 15) is 5.11 Å². The molecule has 1 aromatic rings. The summed E-state index contributed by atoms with van der Waals surface area (Å²) in [7, 11) is 0. The van der Waals surface area contributed by atoms with Crippen LogP contribution in [0.3, 0.4) is 0 Å². The van der Waals surface area contributed by atoms with E-state index >= 15 is 0 Å². The van der Waals surface area contributed by atoms with Gasteiger partial charge < -0.3 is 10.8 Å². The lowest BCUT2D eigenvalue weighted by atomic mass is 9.79. The van der Waals surface area contributed by atoms with E-state index in [0.717, 1.165) is 5.56 Å². The predicted molar refractivity (Wildman–Crippen MR) is 55.7 cm³/mol. The molecule has 1 atom stereocenters. The molecule has 0 bridgehead atoms. The third-order valence-electron chi connectivity index (χ3n) is 2.98. The minimum Gasteiger partial charge on any atom is -0.392 e. The zero-order valence-electron chi connectivity index (χ0n) is 8.19. The van der Waals surface area contributed by atoms with Crippen molar-refractivity contribution in [2.24, 2.45) is 5.92 Å². The van der Waals surface area contributed by atoms with E-state index in [2.05, 4.69) is 4.98 Å². The van der Waals surface area contributed by atoms with Crippen LogP contribution in [-0.2, 0) is 6.42 Å². The van der Waals surface area contributed by atoms with Crippen LogP contribution in [-0.4, -0.2) is 16.2 Å². The minimum absolute atomic E-state index is 0.203. The Kier molecular flexibility index (Phi) is 2.68. The van der Waals surface area contributed by atoms with E-state index in [1.54, 1.807) is 6.20 Å². The first kappa shape index (κ1) is 9.46. The Labute approximate surface area is 84.0 Å². The van der Waals surface area contributed by atoms with Crippen LogP contribution in [0.1, 0.15) is 24.8 Å². The highest BCUT2D eigenvalue weighted by molar-refractivity contribution is 5.32. The molecule has 1 saturated carbocycles. The van der Waals surface area contributed by atoms with E-state index in [-0.39, 0.29) is 6.10 Å². The number of aliphatic hydroxyl groups is 1. The quantitative estimate of drug-likeness (QED) is 0.760. The molecule has 1 aliphatic rings. The Bertz CT molecular complexity index is 310. The van der Waals surface area contributed by atoms with Gasteiger partial charge in [-0.2, -0.15) is 0 Å². The molecule has 1 heterocycles. The van der Waals surface area contributed by atoms with Crippen LogP contribution in [0.5, 0.6) is 0 Å². The first-order valence-corrected chi connectivity index (χ1v) is 5.14. The van der Waals surface area contributed by atoms with Gasteiger partial charge >= 0.3 is 0 Å². The molecule has 2 rings (SSSR count). The van der Waals surface area contributed by atoms with Crippen molar-refractivity contribution in [3.63, 3.8) is 0 Å². The zero-order valence-corrected chi connectivity index (χ0v) is 8.19. The van der Waals surface area contributed by atoms with Crippen molar-refractivity contribution in [2.45, 2.75) is 31.8 Å². The second-order valence-corrected chi connectivity index (χ2v) is 4.05. The van der Waals surface area contributed by atoms with Gasteiger partial charge in [-0.1, -0.05) is 6.42 Å². The fraction of sp³-hybridized carbons (Fsp3) is 0.545. The SMILES string of the molecule is Nc1cc(CC(O)C2CCC2)ccn1. The average molecular weight is 192 g/mol. The van der Waals surface area contributed by atoms with Gasteiger partial charge in [-0.25, -0.2) is 4.98 Å². The van der Waals surface area contributed by atoms with E-state index < -0.39 is 0 Å². The number of aliphatic hydroxyl groups excluding tert-OH is 1. The number of rotatable bonds is 3. The van der Waals surface area contributed by atoms with Crippen LogP contribution >= 0.6 is 0 Å². The van der Waals surface area contributed by atoms with E-state index in [1.807, 2.05) is 12.1 Å². The van der Waals surface area contributed by atoms with Gasteiger partial charge in [0.1, 0.15) is 5.82 Å². The smallest absolute Gasteiger partial charge is 0.123 e. The molecule has 1 aliphatic carbocycles. The van der Waals surface area contributed by atoms with Gasteiger partial charge in [-0.05, 0) is 42.9 Å². The number of hydrogen-bond acceptors (Lipinski definition) is 3. The van der Waals surface area contributed by atoms with Crippen LogP contribution in [0, 0.1) is 5.92 Å². The number of nitrogens with two attached hydrogens (primary N) is 1. The molecule has 1 fully saturated rings. The van der Waals surface area contributed by atoms with Gasteiger partial charge in [-0.15, -0.1) is 0 Å². The highest BCUT2D eigenvalue weighted by Gasteiger charge is 2.25. The molecular formula is C11H16N2O. The Morgan fingerprint density at radius 3 is 2.93 bits per heavy atom. The first-order valence-electron chi connectivity index (χ1n) is 5.14. The standard InChI is InChI=1S/C11H16N2O/c12-11-7-8(4-5-13-11)6-10(14)9-2-1-3-9/h4-5,7,9-10,14H,1-3,6H2,(H2,12,13). The Balaban J connectivity index is 1.95. The maximum absolute atomic E-state index is 9.85. The van der Waals surface area contributed by atoms with Crippen LogP contribution in [0.25, 0.3) is 0 Å². The number of hydrogen-bond donors (Lipinski definition) is 2. The average Bonchev–Trinajstić information content (AvgIpc) is 1.99. The summed E-state index contributed by atoms with van der Waals surface area (Å²) in [5.41, 5.74) is 6.64. The molecule has 0 amide bonds. The van der Waals surface area contributed by atoms with Gasteiger partial charge in [0.05, 0.1) is 6.10 Å². The number of nitrogens with zero attached hydrogens (tertiary/aromatic N) is 1. The van der Waals surface area contributed by atoms with Crippen molar-refractivity contribution >= 4 is 5.82 Å². The topological polar surface area (TPSA) is 59.1 Å². The molecule has 76 valence electrons. The van der Waals surface area contributed by atoms with Crippen molar-refractivity contribution in [3.8, 4) is 0 Å². The van der Waals surface area contributed by atoms with Gasteiger partial charge in [-0.3, -0.25) is 0 Å². The highest BCUT2D eigenvalue weighted by Crippen LogP contribution is 2.30. The summed E-state index contributed by atoms with van der Waals surface area (Å²) < 4.78 is 0. The lowest BCUT2D eigenvalue weighted by molar-refractivity contribution is 0.0630. The second-order valence-electron chi connectivity index (χ2n) is 4.05. The fourth-order valence-corrected chi connectivity index (χ4v) is 1.85. The van der Waals surface area contributed by atoms with E-state index in [4.69, 9.17) is 5.73 Å². The monoisotopic (exact) mass is 192 g/mol.